The Morgan fingerprint density at radius 2 is 1.97 bits per heavy atom. The second-order valence-electron chi connectivity index (χ2n) is 6.75. The number of nitrogens with one attached hydrogen (secondary N) is 1. The molecule has 5 aromatic heterocycles. The molecule has 5 heterocycles. The molecule has 1 N–H and O–H groups in total. The summed E-state index contributed by atoms with van der Waals surface area (Å²) in [6.07, 6.45) is 3.29. The Kier molecular flexibility index (Phi) is 4.45. The molecule has 0 fully saturated rings. The van der Waals surface area contributed by atoms with E-state index in [-0.39, 0.29) is 10.9 Å². The fraction of sp³-hybridized carbons (Fsp3) is 0.0952. The van der Waals surface area contributed by atoms with E-state index < -0.39 is 0 Å². The summed E-state index contributed by atoms with van der Waals surface area (Å²) in [6.45, 7) is 3.70. The van der Waals surface area contributed by atoms with Gasteiger partial charge in [0.05, 0.1) is 16.0 Å². The number of furan rings is 1. The second kappa shape index (κ2) is 7.16. The molecular weight excluding hydrogens is 422 g/mol. The van der Waals surface area contributed by atoms with Crippen LogP contribution < -0.4 is 5.43 Å². The highest BCUT2D eigenvalue weighted by molar-refractivity contribution is 7.13. The van der Waals surface area contributed by atoms with Crippen molar-refractivity contribution in [2.45, 2.75) is 13.8 Å². The SMILES string of the molecule is Cc1cc(-c2nc3c(=O)c(-c4cncs4)c[nH]c3nc2-c2ccc(C)o2)cc(Cl)n1. The van der Waals surface area contributed by atoms with E-state index in [0.717, 1.165) is 16.3 Å². The largest absolute Gasteiger partial charge is 0.460 e. The van der Waals surface area contributed by atoms with Crippen LogP contribution in [0.1, 0.15) is 11.5 Å². The Hall–Kier alpha value is -3.36. The highest BCUT2D eigenvalue weighted by Crippen LogP contribution is 2.33. The van der Waals surface area contributed by atoms with E-state index in [1.807, 2.05) is 32.0 Å². The molecule has 0 bridgehead atoms. The number of aromatic nitrogens is 5. The molecule has 0 amide bonds. The highest BCUT2D eigenvalue weighted by atomic mass is 35.5. The Labute approximate surface area is 179 Å². The lowest BCUT2D eigenvalue weighted by Crippen LogP contribution is -2.10. The maximum atomic E-state index is 13.2. The molecule has 30 heavy (non-hydrogen) atoms. The molecule has 0 aliphatic rings. The molecule has 7 nitrogen and oxygen atoms in total. The van der Waals surface area contributed by atoms with Crippen molar-refractivity contribution in [1.82, 2.24) is 24.9 Å². The molecule has 5 aromatic rings. The van der Waals surface area contributed by atoms with Crippen LogP contribution in [0, 0.1) is 13.8 Å². The zero-order chi connectivity index (χ0) is 20.8. The van der Waals surface area contributed by atoms with Gasteiger partial charge in [-0.1, -0.05) is 11.6 Å². The number of aryl methyl sites for hydroxylation is 2. The molecule has 0 radical (unpaired) electrons. The summed E-state index contributed by atoms with van der Waals surface area (Å²) in [4.78, 5) is 34.7. The summed E-state index contributed by atoms with van der Waals surface area (Å²) in [5, 5.41) is 0.334. The Bertz CT molecular complexity index is 1440. The summed E-state index contributed by atoms with van der Waals surface area (Å²) in [5.41, 5.74) is 5.00. The maximum absolute atomic E-state index is 13.2. The van der Waals surface area contributed by atoms with Crippen molar-refractivity contribution in [3.63, 3.8) is 0 Å². The van der Waals surface area contributed by atoms with Gasteiger partial charge in [-0.3, -0.25) is 9.78 Å². The number of halogens is 1. The lowest BCUT2D eigenvalue weighted by atomic mass is 10.1. The molecule has 0 aliphatic carbocycles. The number of fused-ring (bicyclic) bond motifs is 1. The zero-order valence-electron chi connectivity index (χ0n) is 15.9. The summed E-state index contributed by atoms with van der Waals surface area (Å²) in [6, 6.07) is 7.23. The molecule has 0 saturated heterocycles. The molecule has 0 aliphatic heterocycles. The Morgan fingerprint density at radius 1 is 1.10 bits per heavy atom. The van der Waals surface area contributed by atoms with E-state index in [1.54, 1.807) is 24.0 Å². The molecule has 0 atom stereocenters. The maximum Gasteiger partial charge on any atom is 0.218 e. The summed E-state index contributed by atoms with van der Waals surface area (Å²) >= 11 is 7.57. The fourth-order valence-electron chi connectivity index (χ4n) is 3.26. The van der Waals surface area contributed by atoms with Crippen molar-refractivity contribution in [1.29, 1.82) is 0 Å². The molecule has 0 saturated carbocycles. The molecule has 5 rings (SSSR count). The predicted molar refractivity (Wildman–Crippen MR) is 117 cm³/mol. The van der Waals surface area contributed by atoms with E-state index >= 15 is 0 Å². The van der Waals surface area contributed by atoms with Crippen LogP contribution in [-0.2, 0) is 0 Å². The van der Waals surface area contributed by atoms with Crippen molar-refractivity contribution in [2.24, 2.45) is 0 Å². The first-order valence-corrected chi connectivity index (χ1v) is 10.3. The number of rotatable bonds is 3. The van der Waals surface area contributed by atoms with Gasteiger partial charge in [-0.15, -0.1) is 11.3 Å². The van der Waals surface area contributed by atoms with Crippen molar-refractivity contribution in [2.75, 3.05) is 0 Å². The quantitative estimate of drug-likeness (QED) is 0.399. The van der Waals surface area contributed by atoms with Crippen molar-refractivity contribution in [3.8, 4) is 33.2 Å². The van der Waals surface area contributed by atoms with Crippen LogP contribution >= 0.6 is 22.9 Å². The van der Waals surface area contributed by atoms with Crippen LogP contribution in [0.3, 0.4) is 0 Å². The molecular formula is C21H14ClN5O2S. The van der Waals surface area contributed by atoms with Gasteiger partial charge < -0.3 is 9.40 Å². The van der Waals surface area contributed by atoms with E-state index in [4.69, 9.17) is 26.0 Å². The normalized spacial score (nSPS) is 11.3. The number of aromatic amines is 1. The van der Waals surface area contributed by atoms with Crippen LogP contribution in [0.4, 0.5) is 0 Å². The first-order chi connectivity index (χ1) is 14.5. The van der Waals surface area contributed by atoms with Gasteiger partial charge in [-0.25, -0.2) is 15.0 Å². The average Bonchev–Trinajstić information content (AvgIpc) is 3.39. The van der Waals surface area contributed by atoms with Gasteiger partial charge in [-0.05, 0) is 38.1 Å². The topological polar surface area (TPSA) is 97.6 Å². The fourth-order valence-corrected chi connectivity index (χ4v) is 4.15. The number of hydrogen-bond acceptors (Lipinski definition) is 7. The van der Waals surface area contributed by atoms with Gasteiger partial charge >= 0.3 is 0 Å². The number of nitrogens with zero attached hydrogens (tertiary/aromatic N) is 4. The minimum atomic E-state index is -0.221. The molecule has 0 spiro atoms. The molecule has 9 heteroatoms. The van der Waals surface area contributed by atoms with Crippen LogP contribution in [0.5, 0.6) is 0 Å². The molecule has 0 unspecified atom stereocenters. The van der Waals surface area contributed by atoms with Crippen LogP contribution in [0.2, 0.25) is 5.15 Å². The average molecular weight is 436 g/mol. The van der Waals surface area contributed by atoms with Crippen molar-refractivity contribution >= 4 is 34.1 Å². The number of pyridine rings is 2. The van der Waals surface area contributed by atoms with Gasteiger partial charge in [0.1, 0.15) is 22.3 Å². The highest BCUT2D eigenvalue weighted by Gasteiger charge is 2.20. The third-order valence-corrected chi connectivity index (χ3v) is 5.58. The van der Waals surface area contributed by atoms with Gasteiger partial charge in [-0.2, -0.15) is 0 Å². The van der Waals surface area contributed by atoms with Gasteiger partial charge in [0.25, 0.3) is 0 Å². The Balaban J connectivity index is 1.84. The minimum Gasteiger partial charge on any atom is -0.460 e. The first kappa shape index (κ1) is 18.7. The van der Waals surface area contributed by atoms with E-state index in [0.29, 0.717) is 39.1 Å². The zero-order valence-corrected chi connectivity index (χ0v) is 17.5. The second-order valence-corrected chi connectivity index (χ2v) is 8.02. The summed E-state index contributed by atoms with van der Waals surface area (Å²) in [7, 11) is 0. The smallest absolute Gasteiger partial charge is 0.218 e. The van der Waals surface area contributed by atoms with Crippen LogP contribution in [-0.4, -0.2) is 24.9 Å². The van der Waals surface area contributed by atoms with Crippen LogP contribution in [0.15, 0.2) is 51.4 Å². The first-order valence-electron chi connectivity index (χ1n) is 9.03. The number of thiazole rings is 1. The van der Waals surface area contributed by atoms with Gasteiger partial charge in [0, 0.05) is 23.7 Å². The van der Waals surface area contributed by atoms with E-state index in [2.05, 4.69) is 15.0 Å². The van der Waals surface area contributed by atoms with Crippen molar-refractivity contribution in [3.05, 3.63) is 69.0 Å². The van der Waals surface area contributed by atoms with Gasteiger partial charge in [0.2, 0.25) is 5.43 Å². The van der Waals surface area contributed by atoms with Gasteiger partial charge in [0.15, 0.2) is 16.9 Å². The third-order valence-electron chi connectivity index (χ3n) is 4.58. The lowest BCUT2D eigenvalue weighted by Gasteiger charge is -2.10. The van der Waals surface area contributed by atoms with Crippen molar-refractivity contribution < 1.29 is 4.42 Å². The molecule has 148 valence electrons. The minimum absolute atomic E-state index is 0.221. The third kappa shape index (κ3) is 3.20. The molecule has 0 aromatic carbocycles. The summed E-state index contributed by atoms with van der Waals surface area (Å²) < 4.78 is 5.80. The predicted octanol–water partition coefficient (Wildman–Crippen LogP) is 5.03. The lowest BCUT2D eigenvalue weighted by molar-refractivity contribution is 0.546. The standard InChI is InChI=1S/C21H14ClN5O2S/c1-10-5-12(6-16(22)25-10)17-18(14-4-3-11(2)29-14)27-21-19(26-17)20(28)13(7-24-21)15-8-23-9-30-15/h3-9H,1-2H3,(H,24,27,28). The monoisotopic (exact) mass is 435 g/mol. The number of H-pyrrole nitrogens is 1. The summed E-state index contributed by atoms with van der Waals surface area (Å²) in [5.74, 6) is 1.30. The van der Waals surface area contributed by atoms with Crippen LogP contribution in [0.25, 0.3) is 44.3 Å². The number of hydrogen-bond donors (Lipinski definition) is 1. The van der Waals surface area contributed by atoms with E-state index in [1.165, 1.54) is 11.3 Å². The Morgan fingerprint density at radius 3 is 2.67 bits per heavy atom. The van der Waals surface area contributed by atoms with E-state index in [9.17, 15) is 4.79 Å².